The molecule has 0 saturated heterocycles. The molecule has 11 heteroatoms. The predicted octanol–water partition coefficient (Wildman–Crippen LogP) is 9.29. The van der Waals surface area contributed by atoms with Gasteiger partial charge in [0.05, 0.1) is 11.1 Å². The smallest absolute Gasteiger partial charge is 0.299 e. The van der Waals surface area contributed by atoms with Crippen molar-refractivity contribution in [1.29, 1.82) is 0 Å². The van der Waals surface area contributed by atoms with Gasteiger partial charge in [0.25, 0.3) is 0 Å². The van der Waals surface area contributed by atoms with E-state index < -0.39 is 29.3 Å². The fourth-order valence-electron chi connectivity index (χ4n) is 5.11. The largest absolute Gasteiger partial charge is 0.417 e. The van der Waals surface area contributed by atoms with Gasteiger partial charge in [0, 0.05) is 47.1 Å². The maximum atomic E-state index is 13.8. The van der Waals surface area contributed by atoms with Crippen LogP contribution in [-0.2, 0) is 30.0 Å². The van der Waals surface area contributed by atoms with Crippen molar-refractivity contribution in [2.75, 3.05) is 24.6 Å². The number of aliphatic imine (C=N–C) groups is 2. The van der Waals surface area contributed by atoms with Gasteiger partial charge in [-0.25, -0.2) is 0 Å². The number of Topliss-reactive ketones (excluding diaryl/α,β-unsaturated/α-hetero) is 1. The molecule has 2 aliphatic heterocycles. The third-order valence-electron chi connectivity index (χ3n) is 7.15. The maximum Gasteiger partial charge on any atom is 0.417 e. The molecular formula is C31H34F6N2OS2. The molecule has 2 aromatic carbocycles. The van der Waals surface area contributed by atoms with Crippen molar-refractivity contribution in [3.63, 3.8) is 0 Å². The van der Waals surface area contributed by atoms with Crippen LogP contribution in [0.25, 0.3) is 0 Å². The lowest BCUT2D eigenvalue weighted by Crippen LogP contribution is -2.12. The number of thioether (sulfide) groups is 2. The summed E-state index contributed by atoms with van der Waals surface area (Å²) in [5.41, 5.74) is 1.04. The summed E-state index contributed by atoms with van der Waals surface area (Å²) in [7, 11) is 0. The van der Waals surface area contributed by atoms with Crippen molar-refractivity contribution in [2.24, 2.45) is 9.98 Å². The van der Waals surface area contributed by atoms with Crippen LogP contribution in [0.3, 0.4) is 0 Å². The molecule has 4 rings (SSSR count). The highest BCUT2D eigenvalue weighted by Crippen LogP contribution is 2.39. The van der Waals surface area contributed by atoms with Crippen molar-refractivity contribution in [3.8, 4) is 0 Å². The molecule has 0 aliphatic carbocycles. The number of alkyl halides is 6. The van der Waals surface area contributed by atoms with E-state index in [1.165, 1.54) is 24.3 Å². The standard InChI is InChI=1S/C31H34F6N2OS2/c32-30(33,34)26-19-21(9-11-28(26)41-15-3-7-23-5-1-13-38-23)17-25(40)18-22-10-12-29(27(20-22)31(35,36)37)42-16-4-8-24-6-2-14-39-24/h9-12,19-20H,1-8,13-18H2. The van der Waals surface area contributed by atoms with Crippen LogP contribution in [0.5, 0.6) is 0 Å². The van der Waals surface area contributed by atoms with Crippen molar-refractivity contribution in [1.82, 2.24) is 0 Å². The van der Waals surface area contributed by atoms with Gasteiger partial charge >= 0.3 is 12.4 Å². The van der Waals surface area contributed by atoms with Crippen molar-refractivity contribution < 1.29 is 31.1 Å². The molecule has 0 N–H and O–H groups in total. The lowest BCUT2D eigenvalue weighted by molar-refractivity contribution is -0.140. The number of rotatable bonds is 14. The van der Waals surface area contributed by atoms with Crippen LogP contribution in [0, 0.1) is 0 Å². The highest BCUT2D eigenvalue weighted by Gasteiger charge is 2.35. The summed E-state index contributed by atoms with van der Waals surface area (Å²) in [6.07, 6.45) is -2.76. The number of nitrogens with zero attached hydrogens (tertiary/aromatic N) is 2. The first-order chi connectivity index (χ1) is 20.0. The molecule has 0 unspecified atom stereocenters. The van der Waals surface area contributed by atoms with Crippen LogP contribution < -0.4 is 0 Å². The number of carbonyl (C=O) groups excluding carboxylic acids is 1. The molecule has 0 bridgehead atoms. The van der Waals surface area contributed by atoms with Gasteiger partial charge in [-0.1, -0.05) is 12.1 Å². The van der Waals surface area contributed by atoms with E-state index in [1.54, 1.807) is 0 Å². The fraction of sp³-hybridized carbons (Fsp3) is 0.516. The zero-order chi connectivity index (χ0) is 30.2. The van der Waals surface area contributed by atoms with Crippen LogP contribution >= 0.6 is 23.5 Å². The van der Waals surface area contributed by atoms with E-state index in [0.29, 0.717) is 11.5 Å². The molecule has 0 atom stereocenters. The summed E-state index contributed by atoms with van der Waals surface area (Å²) in [4.78, 5) is 21.7. The molecule has 0 radical (unpaired) electrons. The van der Waals surface area contributed by atoms with E-state index in [2.05, 4.69) is 9.98 Å². The van der Waals surface area contributed by atoms with Crippen LogP contribution in [0.1, 0.15) is 73.6 Å². The van der Waals surface area contributed by atoms with Crippen LogP contribution in [0.4, 0.5) is 26.3 Å². The predicted molar refractivity (Wildman–Crippen MR) is 158 cm³/mol. The third kappa shape index (κ3) is 9.89. The Balaban J connectivity index is 1.35. The summed E-state index contributed by atoms with van der Waals surface area (Å²) < 4.78 is 82.9. The first-order valence-corrected chi connectivity index (χ1v) is 16.2. The number of ketones is 1. The van der Waals surface area contributed by atoms with Gasteiger partial charge in [-0.3, -0.25) is 14.8 Å². The fourth-order valence-corrected chi connectivity index (χ4v) is 7.12. The Kier molecular flexibility index (Phi) is 11.6. The Hall–Kier alpha value is -2.27. The Morgan fingerprint density at radius 2 is 1.12 bits per heavy atom. The third-order valence-corrected chi connectivity index (χ3v) is 9.47. The minimum absolute atomic E-state index is 0.103. The minimum Gasteiger partial charge on any atom is -0.299 e. The molecule has 0 saturated carbocycles. The lowest BCUT2D eigenvalue weighted by atomic mass is 10.00. The van der Waals surface area contributed by atoms with Gasteiger partial charge < -0.3 is 0 Å². The molecule has 42 heavy (non-hydrogen) atoms. The van der Waals surface area contributed by atoms with E-state index in [9.17, 15) is 31.1 Å². The van der Waals surface area contributed by atoms with E-state index in [0.717, 1.165) is 112 Å². The second-order valence-electron chi connectivity index (χ2n) is 10.6. The number of carbonyl (C=O) groups is 1. The SMILES string of the molecule is O=C(Cc1ccc(SCCCC2=NCCC2)c(C(F)(F)F)c1)Cc1ccc(SCCCC2=NCCC2)c(C(F)(F)F)c1. The topological polar surface area (TPSA) is 41.8 Å². The molecule has 2 aromatic rings. The monoisotopic (exact) mass is 628 g/mol. The highest BCUT2D eigenvalue weighted by molar-refractivity contribution is 7.99. The molecule has 0 aromatic heterocycles. The second kappa shape index (κ2) is 14.9. The van der Waals surface area contributed by atoms with E-state index in [1.807, 2.05) is 0 Å². The number of benzene rings is 2. The molecule has 3 nitrogen and oxygen atoms in total. The van der Waals surface area contributed by atoms with Crippen molar-refractivity contribution in [2.45, 2.75) is 86.4 Å². The summed E-state index contributed by atoms with van der Waals surface area (Å²) in [5.74, 6) is 0.587. The first kappa shape index (κ1) is 32.6. The van der Waals surface area contributed by atoms with E-state index in [4.69, 9.17) is 0 Å². The second-order valence-corrected chi connectivity index (χ2v) is 12.8. The Morgan fingerprint density at radius 3 is 1.48 bits per heavy atom. The lowest BCUT2D eigenvalue weighted by Gasteiger charge is -2.15. The molecule has 2 aliphatic rings. The number of halogens is 6. The van der Waals surface area contributed by atoms with Gasteiger partial charge in [-0.15, -0.1) is 23.5 Å². The van der Waals surface area contributed by atoms with Gasteiger partial charge in [-0.2, -0.15) is 26.3 Å². The van der Waals surface area contributed by atoms with Gasteiger partial charge in [0.15, 0.2) is 0 Å². The van der Waals surface area contributed by atoms with Crippen molar-refractivity contribution in [3.05, 3.63) is 58.7 Å². The molecule has 228 valence electrons. The average Bonchev–Trinajstić information content (AvgIpc) is 3.64. The van der Waals surface area contributed by atoms with Gasteiger partial charge in [0.1, 0.15) is 5.78 Å². The highest BCUT2D eigenvalue weighted by atomic mass is 32.2. The van der Waals surface area contributed by atoms with Crippen LogP contribution in [-0.4, -0.2) is 41.8 Å². The molecule has 0 spiro atoms. The summed E-state index contributed by atoms with van der Waals surface area (Å²) in [6.45, 7) is 1.65. The normalized spacial score (nSPS) is 15.7. The van der Waals surface area contributed by atoms with Crippen molar-refractivity contribution >= 4 is 40.7 Å². The maximum absolute atomic E-state index is 13.8. The quantitative estimate of drug-likeness (QED) is 0.119. The summed E-state index contributed by atoms with van der Waals surface area (Å²) in [5, 5.41) is 0. The van der Waals surface area contributed by atoms with E-state index >= 15 is 0 Å². The Morgan fingerprint density at radius 1 is 0.690 bits per heavy atom. The van der Waals surface area contributed by atoms with Crippen LogP contribution in [0.15, 0.2) is 56.2 Å². The average molecular weight is 629 g/mol. The van der Waals surface area contributed by atoms with E-state index in [-0.39, 0.29) is 33.8 Å². The first-order valence-electron chi connectivity index (χ1n) is 14.2. The molecule has 2 heterocycles. The van der Waals surface area contributed by atoms with Crippen LogP contribution in [0.2, 0.25) is 0 Å². The van der Waals surface area contributed by atoms with Gasteiger partial charge in [-0.05, 0) is 98.3 Å². The summed E-state index contributed by atoms with van der Waals surface area (Å²) in [6, 6.07) is 7.73. The number of hydrogen-bond donors (Lipinski definition) is 0. The molecular weight excluding hydrogens is 594 g/mol. The zero-order valence-corrected chi connectivity index (χ0v) is 24.9. The summed E-state index contributed by atoms with van der Waals surface area (Å²) >= 11 is 2.26. The molecule has 0 fully saturated rings. The Bertz CT molecular complexity index is 1210. The number of hydrogen-bond acceptors (Lipinski definition) is 5. The van der Waals surface area contributed by atoms with Gasteiger partial charge in [0.2, 0.25) is 0 Å². The Labute approximate surface area is 251 Å². The molecule has 0 amide bonds. The zero-order valence-electron chi connectivity index (χ0n) is 23.3. The minimum atomic E-state index is -4.59.